The largest absolute Gasteiger partial charge is 0.349 e. The van der Waals surface area contributed by atoms with Crippen molar-refractivity contribution in [1.82, 2.24) is 19.0 Å². The zero-order chi connectivity index (χ0) is 13.4. The molecule has 4 nitrogen and oxygen atoms in total. The molecule has 1 aliphatic rings. The molecule has 0 aliphatic carbocycles. The molecule has 0 spiro atoms. The number of fused-ring (bicyclic) bond motifs is 1. The molecular weight excluding hydrogens is 236 g/mol. The van der Waals surface area contributed by atoms with Crippen LogP contribution in [0.25, 0.3) is 0 Å². The van der Waals surface area contributed by atoms with E-state index >= 15 is 0 Å². The summed E-state index contributed by atoms with van der Waals surface area (Å²) in [5.41, 5.74) is 1.44. The van der Waals surface area contributed by atoms with Gasteiger partial charge < -0.3 is 9.13 Å². The lowest BCUT2D eigenvalue weighted by molar-refractivity contribution is 0.108. The van der Waals surface area contributed by atoms with Crippen molar-refractivity contribution in [1.29, 1.82) is 0 Å². The van der Waals surface area contributed by atoms with Crippen molar-refractivity contribution in [2.75, 3.05) is 6.54 Å². The number of aryl methyl sites for hydroxylation is 1. The quantitative estimate of drug-likeness (QED) is 0.845. The second-order valence-corrected chi connectivity index (χ2v) is 5.74. The van der Waals surface area contributed by atoms with Gasteiger partial charge in [0.1, 0.15) is 5.82 Å². The van der Waals surface area contributed by atoms with Crippen molar-refractivity contribution in [3.8, 4) is 0 Å². The van der Waals surface area contributed by atoms with E-state index in [-0.39, 0.29) is 0 Å². The molecule has 0 saturated carbocycles. The Kier molecular flexibility index (Phi) is 3.19. The lowest BCUT2D eigenvalue weighted by Gasteiger charge is -2.39. The molecule has 0 unspecified atom stereocenters. The highest BCUT2D eigenvalue weighted by molar-refractivity contribution is 5.15. The zero-order valence-electron chi connectivity index (χ0n) is 12.0. The summed E-state index contributed by atoms with van der Waals surface area (Å²) < 4.78 is 4.50. The van der Waals surface area contributed by atoms with Crippen LogP contribution in [0.4, 0.5) is 0 Å². The summed E-state index contributed by atoms with van der Waals surface area (Å²) in [4.78, 5) is 7.02. The molecule has 2 aromatic rings. The number of hydrogen-bond donors (Lipinski definition) is 0. The lowest BCUT2D eigenvalue weighted by Crippen LogP contribution is -2.40. The Hall–Kier alpha value is -1.55. The summed E-state index contributed by atoms with van der Waals surface area (Å²) >= 11 is 0. The molecule has 19 heavy (non-hydrogen) atoms. The van der Waals surface area contributed by atoms with Crippen LogP contribution in [0.5, 0.6) is 0 Å². The van der Waals surface area contributed by atoms with Crippen LogP contribution in [0.2, 0.25) is 0 Å². The minimum Gasteiger partial charge on any atom is -0.349 e. The molecule has 1 atom stereocenters. The number of imidazole rings is 1. The predicted molar refractivity (Wildman–Crippen MR) is 75.6 cm³/mol. The number of nitrogens with zero attached hydrogens (tertiary/aromatic N) is 4. The van der Waals surface area contributed by atoms with Crippen molar-refractivity contribution in [3.63, 3.8) is 0 Å². The van der Waals surface area contributed by atoms with Gasteiger partial charge in [0.2, 0.25) is 0 Å². The molecule has 0 N–H and O–H groups in total. The van der Waals surface area contributed by atoms with Gasteiger partial charge in [0, 0.05) is 44.4 Å². The van der Waals surface area contributed by atoms with Gasteiger partial charge in [0.05, 0.1) is 12.6 Å². The second kappa shape index (κ2) is 4.85. The first kappa shape index (κ1) is 12.5. The summed E-state index contributed by atoms with van der Waals surface area (Å²) in [5.74, 6) is 1.75. The fraction of sp³-hybridized carbons (Fsp3) is 0.533. The number of hydrogen-bond acceptors (Lipinski definition) is 2. The van der Waals surface area contributed by atoms with E-state index in [0.717, 1.165) is 25.5 Å². The molecule has 0 aromatic carbocycles. The van der Waals surface area contributed by atoms with E-state index in [1.807, 2.05) is 12.4 Å². The maximum absolute atomic E-state index is 4.46. The molecule has 2 aromatic heterocycles. The van der Waals surface area contributed by atoms with Crippen molar-refractivity contribution in [3.05, 3.63) is 42.2 Å². The molecule has 0 bridgehead atoms. The van der Waals surface area contributed by atoms with E-state index in [1.165, 1.54) is 5.69 Å². The first-order chi connectivity index (χ1) is 9.16. The van der Waals surface area contributed by atoms with E-state index < -0.39 is 0 Å². The fourth-order valence-electron chi connectivity index (χ4n) is 3.13. The van der Waals surface area contributed by atoms with Crippen LogP contribution in [0, 0.1) is 5.92 Å². The summed E-state index contributed by atoms with van der Waals surface area (Å²) in [6.45, 7) is 7.71. The Balaban J connectivity index is 1.88. The third kappa shape index (κ3) is 2.21. The van der Waals surface area contributed by atoms with Crippen LogP contribution in [-0.4, -0.2) is 25.6 Å². The Morgan fingerprint density at radius 1 is 1.32 bits per heavy atom. The van der Waals surface area contributed by atoms with Gasteiger partial charge in [-0.05, 0) is 18.1 Å². The highest BCUT2D eigenvalue weighted by atomic mass is 15.3. The van der Waals surface area contributed by atoms with E-state index in [0.29, 0.717) is 12.0 Å². The van der Waals surface area contributed by atoms with Gasteiger partial charge in [-0.25, -0.2) is 4.98 Å². The van der Waals surface area contributed by atoms with Gasteiger partial charge in [-0.15, -0.1) is 0 Å². The smallest absolute Gasteiger partial charge is 0.122 e. The Labute approximate surface area is 114 Å². The Bertz CT molecular complexity index is 552. The van der Waals surface area contributed by atoms with Crippen LogP contribution in [-0.2, 0) is 20.1 Å². The van der Waals surface area contributed by atoms with Crippen LogP contribution in [0.3, 0.4) is 0 Å². The summed E-state index contributed by atoms with van der Waals surface area (Å²) in [6, 6.07) is 4.91. The van der Waals surface area contributed by atoms with Gasteiger partial charge in [0.25, 0.3) is 0 Å². The maximum Gasteiger partial charge on any atom is 0.122 e. The molecule has 0 fully saturated rings. The predicted octanol–water partition coefficient (Wildman–Crippen LogP) is 2.43. The molecular formula is C15H22N4. The number of aromatic nitrogens is 3. The van der Waals surface area contributed by atoms with Crippen LogP contribution in [0.15, 0.2) is 30.7 Å². The molecule has 102 valence electrons. The summed E-state index contributed by atoms with van der Waals surface area (Å²) in [6.07, 6.45) is 6.10. The van der Waals surface area contributed by atoms with Crippen molar-refractivity contribution in [2.45, 2.75) is 33.0 Å². The second-order valence-electron chi connectivity index (χ2n) is 5.74. The van der Waals surface area contributed by atoms with E-state index in [2.05, 4.69) is 58.2 Å². The average Bonchev–Trinajstić information content (AvgIpc) is 2.98. The van der Waals surface area contributed by atoms with E-state index in [9.17, 15) is 0 Å². The van der Waals surface area contributed by atoms with E-state index in [4.69, 9.17) is 0 Å². The Morgan fingerprint density at radius 3 is 2.84 bits per heavy atom. The van der Waals surface area contributed by atoms with Crippen LogP contribution >= 0.6 is 0 Å². The average molecular weight is 258 g/mol. The molecule has 0 amide bonds. The maximum atomic E-state index is 4.46. The van der Waals surface area contributed by atoms with E-state index in [1.54, 1.807) is 0 Å². The SMILES string of the molecule is CC(C)[C@@H]1c2cccn2CCN1Cc1nccn1C. The van der Waals surface area contributed by atoms with Crippen molar-refractivity contribution >= 4 is 0 Å². The number of rotatable bonds is 3. The normalized spacial score (nSPS) is 19.9. The molecule has 3 rings (SSSR count). The Morgan fingerprint density at radius 2 is 2.16 bits per heavy atom. The third-order valence-electron chi connectivity index (χ3n) is 4.09. The molecule has 3 heterocycles. The standard InChI is InChI=1S/C15H22N4/c1-12(2)15-13-5-4-7-18(13)9-10-19(15)11-14-16-6-8-17(14)3/h4-8,12,15H,9-11H2,1-3H3/t15-/m1/s1. The highest BCUT2D eigenvalue weighted by Crippen LogP contribution is 2.33. The minimum absolute atomic E-state index is 0.487. The molecule has 0 radical (unpaired) electrons. The fourth-order valence-corrected chi connectivity index (χ4v) is 3.13. The van der Waals surface area contributed by atoms with Gasteiger partial charge in [-0.1, -0.05) is 13.8 Å². The highest BCUT2D eigenvalue weighted by Gasteiger charge is 2.30. The first-order valence-electron chi connectivity index (χ1n) is 7.02. The molecule has 0 saturated heterocycles. The van der Waals surface area contributed by atoms with Gasteiger partial charge in [-0.2, -0.15) is 0 Å². The lowest BCUT2D eigenvalue weighted by atomic mass is 9.97. The minimum atomic E-state index is 0.487. The van der Waals surface area contributed by atoms with Gasteiger partial charge in [-0.3, -0.25) is 4.90 Å². The van der Waals surface area contributed by atoms with Crippen LogP contribution in [0.1, 0.15) is 31.4 Å². The van der Waals surface area contributed by atoms with Crippen LogP contribution < -0.4 is 0 Å². The molecule has 4 heteroatoms. The summed E-state index contributed by atoms with van der Waals surface area (Å²) in [5, 5.41) is 0. The topological polar surface area (TPSA) is 26.0 Å². The molecule has 1 aliphatic heterocycles. The first-order valence-corrected chi connectivity index (χ1v) is 7.02. The van der Waals surface area contributed by atoms with Crippen molar-refractivity contribution in [2.24, 2.45) is 13.0 Å². The van der Waals surface area contributed by atoms with Gasteiger partial charge in [0.15, 0.2) is 0 Å². The summed E-state index contributed by atoms with van der Waals surface area (Å²) in [7, 11) is 2.07. The zero-order valence-corrected chi connectivity index (χ0v) is 12.0. The third-order valence-corrected chi connectivity index (χ3v) is 4.09. The monoisotopic (exact) mass is 258 g/mol. The van der Waals surface area contributed by atoms with Crippen molar-refractivity contribution < 1.29 is 0 Å². The van der Waals surface area contributed by atoms with Gasteiger partial charge >= 0.3 is 0 Å².